The number of carbonyl (C=O) groups excluding carboxylic acids is 1. The van der Waals surface area contributed by atoms with Gasteiger partial charge in [0.1, 0.15) is 5.82 Å². The minimum Gasteiger partial charge on any atom is -0.381 e. The molecule has 0 spiro atoms. The van der Waals surface area contributed by atoms with E-state index >= 15 is 0 Å². The van der Waals surface area contributed by atoms with Gasteiger partial charge in [-0.15, -0.1) is 0 Å². The smallest absolute Gasteiger partial charge is 0.221 e. The number of hydrogen-bond acceptors (Lipinski definition) is 2. The van der Waals surface area contributed by atoms with Crippen LogP contribution in [0.25, 0.3) is 0 Å². The fraction of sp³-hybridized carbons (Fsp3) is 0.133. The predicted octanol–water partition coefficient (Wildman–Crippen LogP) is 4.81. The van der Waals surface area contributed by atoms with Crippen LogP contribution < -0.4 is 10.6 Å². The van der Waals surface area contributed by atoms with E-state index in [1.54, 1.807) is 12.1 Å². The van der Waals surface area contributed by atoms with Crippen LogP contribution in [-0.4, -0.2) is 5.91 Å². The second-order valence-corrected chi connectivity index (χ2v) is 5.79. The summed E-state index contributed by atoms with van der Waals surface area (Å²) in [5.74, 6) is -0.792. The fourth-order valence-electron chi connectivity index (χ4n) is 1.78. The lowest BCUT2D eigenvalue weighted by molar-refractivity contribution is -0.114. The average Bonchev–Trinajstić information content (AvgIpc) is 2.40. The van der Waals surface area contributed by atoms with Crippen molar-refractivity contribution in [2.45, 2.75) is 13.5 Å². The van der Waals surface area contributed by atoms with Gasteiger partial charge in [-0.1, -0.05) is 33.6 Å². The minimum absolute atomic E-state index is 0.148. The van der Waals surface area contributed by atoms with Gasteiger partial charge in [0.05, 0.1) is 5.69 Å². The number of hydrogen-bond donors (Lipinski definition) is 2. The van der Waals surface area contributed by atoms with E-state index in [0.29, 0.717) is 17.3 Å². The summed E-state index contributed by atoms with van der Waals surface area (Å²) in [6, 6.07) is 10.1. The zero-order valence-electron chi connectivity index (χ0n) is 11.2. The summed E-state index contributed by atoms with van der Waals surface area (Å²) in [6.45, 7) is 1.83. The van der Waals surface area contributed by atoms with Crippen LogP contribution in [0.4, 0.5) is 15.8 Å². The Balaban J connectivity index is 2.11. The third-order valence-electron chi connectivity index (χ3n) is 2.78. The predicted molar refractivity (Wildman–Crippen MR) is 87.2 cm³/mol. The number of rotatable bonds is 4. The maximum Gasteiger partial charge on any atom is 0.221 e. The SMILES string of the molecule is CC(=O)Nc1cc(NCc2ccc(Br)cc2Cl)ccc1F. The molecule has 0 bridgehead atoms. The lowest BCUT2D eigenvalue weighted by Gasteiger charge is -2.11. The molecule has 21 heavy (non-hydrogen) atoms. The highest BCUT2D eigenvalue weighted by Gasteiger charge is 2.06. The molecule has 0 saturated heterocycles. The summed E-state index contributed by atoms with van der Waals surface area (Å²) in [5.41, 5.74) is 1.76. The fourth-order valence-corrected chi connectivity index (χ4v) is 2.52. The Morgan fingerprint density at radius 2 is 2.05 bits per heavy atom. The van der Waals surface area contributed by atoms with Crippen molar-refractivity contribution < 1.29 is 9.18 Å². The van der Waals surface area contributed by atoms with Crippen molar-refractivity contribution >= 4 is 44.8 Å². The molecule has 0 aliphatic heterocycles. The molecule has 2 aromatic rings. The van der Waals surface area contributed by atoms with Crippen molar-refractivity contribution in [3.8, 4) is 0 Å². The molecule has 2 rings (SSSR count). The molecule has 0 aliphatic rings. The molecule has 0 fully saturated rings. The number of amides is 1. The number of anilines is 2. The van der Waals surface area contributed by atoms with Gasteiger partial charge in [-0.2, -0.15) is 0 Å². The first-order valence-electron chi connectivity index (χ1n) is 6.20. The van der Waals surface area contributed by atoms with Crippen LogP contribution in [0.3, 0.4) is 0 Å². The van der Waals surface area contributed by atoms with Gasteiger partial charge in [-0.25, -0.2) is 4.39 Å². The second kappa shape index (κ2) is 6.91. The van der Waals surface area contributed by atoms with E-state index in [1.165, 1.54) is 13.0 Å². The van der Waals surface area contributed by atoms with Crippen LogP contribution in [0.1, 0.15) is 12.5 Å². The van der Waals surface area contributed by atoms with E-state index in [1.807, 2.05) is 18.2 Å². The van der Waals surface area contributed by atoms with E-state index in [2.05, 4.69) is 26.6 Å². The molecular formula is C15H13BrClFN2O. The van der Waals surface area contributed by atoms with E-state index in [-0.39, 0.29) is 11.6 Å². The third-order valence-corrected chi connectivity index (χ3v) is 3.62. The second-order valence-electron chi connectivity index (χ2n) is 4.47. The highest BCUT2D eigenvalue weighted by Crippen LogP contribution is 2.24. The van der Waals surface area contributed by atoms with Crippen molar-refractivity contribution in [1.29, 1.82) is 0 Å². The van der Waals surface area contributed by atoms with Crippen LogP contribution >= 0.6 is 27.5 Å². The molecule has 2 N–H and O–H groups in total. The summed E-state index contributed by atoms with van der Waals surface area (Å²) in [4.78, 5) is 11.0. The van der Waals surface area contributed by atoms with Crippen molar-refractivity contribution in [1.82, 2.24) is 0 Å². The lowest BCUT2D eigenvalue weighted by Crippen LogP contribution is -2.08. The molecule has 0 saturated carbocycles. The average molecular weight is 372 g/mol. The van der Waals surface area contributed by atoms with Crippen molar-refractivity contribution in [3.05, 3.63) is 57.3 Å². The Bertz CT molecular complexity index is 679. The summed E-state index contributed by atoms with van der Waals surface area (Å²) in [7, 11) is 0. The first-order valence-corrected chi connectivity index (χ1v) is 7.38. The molecule has 0 heterocycles. The molecule has 3 nitrogen and oxygen atoms in total. The van der Waals surface area contributed by atoms with Crippen LogP contribution in [0.15, 0.2) is 40.9 Å². The molecule has 2 aromatic carbocycles. The van der Waals surface area contributed by atoms with Gasteiger partial charge < -0.3 is 10.6 Å². The Morgan fingerprint density at radius 1 is 1.29 bits per heavy atom. The van der Waals surface area contributed by atoms with E-state index < -0.39 is 5.82 Å². The normalized spacial score (nSPS) is 10.3. The molecule has 0 aromatic heterocycles. The lowest BCUT2D eigenvalue weighted by atomic mass is 10.2. The first kappa shape index (κ1) is 15.8. The van der Waals surface area contributed by atoms with Crippen LogP contribution in [0, 0.1) is 5.82 Å². The molecule has 0 radical (unpaired) electrons. The van der Waals surface area contributed by atoms with Gasteiger partial charge >= 0.3 is 0 Å². The van der Waals surface area contributed by atoms with Crippen molar-refractivity contribution in [2.75, 3.05) is 10.6 Å². The quantitative estimate of drug-likeness (QED) is 0.809. The zero-order valence-corrected chi connectivity index (χ0v) is 13.6. The summed E-state index contributed by atoms with van der Waals surface area (Å²) in [6.07, 6.45) is 0. The number of halogens is 3. The monoisotopic (exact) mass is 370 g/mol. The van der Waals surface area contributed by atoms with Gasteiger partial charge in [-0.3, -0.25) is 4.79 Å². The molecule has 110 valence electrons. The molecule has 0 atom stereocenters. The number of carbonyl (C=O) groups is 1. The number of nitrogens with one attached hydrogen (secondary N) is 2. The zero-order chi connectivity index (χ0) is 15.4. The standard InChI is InChI=1S/C15H13BrClFN2O/c1-9(21)20-15-7-12(4-5-14(15)18)19-8-10-2-3-11(16)6-13(10)17/h2-7,19H,8H2,1H3,(H,20,21). The third kappa shape index (κ3) is 4.44. The van der Waals surface area contributed by atoms with Crippen LogP contribution in [0.5, 0.6) is 0 Å². The Hall–Kier alpha value is -1.59. The molecular weight excluding hydrogens is 359 g/mol. The molecule has 1 amide bonds. The van der Waals surface area contributed by atoms with Crippen molar-refractivity contribution in [2.24, 2.45) is 0 Å². The van der Waals surface area contributed by atoms with Gasteiger partial charge in [-0.05, 0) is 35.9 Å². The van der Waals surface area contributed by atoms with E-state index in [9.17, 15) is 9.18 Å². The van der Waals surface area contributed by atoms with E-state index in [0.717, 1.165) is 10.0 Å². The molecule has 6 heteroatoms. The first-order chi connectivity index (χ1) is 9.95. The van der Waals surface area contributed by atoms with E-state index in [4.69, 9.17) is 11.6 Å². The highest BCUT2D eigenvalue weighted by molar-refractivity contribution is 9.10. The Kier molecular flexibility index (Phi) is 5.20. The van der Waals surface area contributed by atoms with Crippen molar-refractivity contribution in [3.63, 3.8) is 0 Å². The maximum atomic E-state index is 13.5. The summed E-state index contributed by atoms with van der Waals surface area (Å²) >= 11 is 9.48. The largest absolute Gasteiger partial charge is 0.381 e. The summed E-state index contributed by atoms with van der Waals surface area (Å²) < 4.78 is 14.4. The minimum atomic E-state index is -0.475. The Morgan fingerprint density at radius 3 is 2.71 bits per heavy atom. The highest BCUT2D eigenvalue weighted by atomic mass is 79.9. The Labute approximate surface area is 135 Å². The topological polar surface area (TPSA) is 41.1 Å². The van der Waals surface area contributed by atoms with Gasteiger partial charge in [0, 0.05) is 28.7 Å². The number of benzene rings is 2. The molecule has 0 unspecified atom stereocenters. The maximum absolute atomic E-state index is 13.5. The summed E-state index contributed by atoms with van der Waals surface area (Å²) in [5, 5.41) is 6.23. The van der Waals surface area contributed by atoms with Gasteiger partial charge in [0.15, 0.2) is 0 Å². The van der Waals surface area contributed by atoms with Crippen LogP contribution in [-0.2, 0) is 11.3 Å². The molecule has 0 aliphatic carbocycles. The van der Waals surface area contributed by atoms with Gasteiger partial charge in [0.25, 0.3) is 0 Å². The van der Waals surface area contributed by atoms with Crippen LogP contribution in [0.2, 0.25) is 5.02 Å². The van der Waals surface area contributed by atoms with Gasteiger partial charge in [0.2, 0.25) is 5.91 Å².